The molecular weight excluding hydrogens is 446 g/mol. The molecule has 0 radical (unpaired) electrons. The first-order valence-electron chi connectivity index (χ1n) is 10.9. The van der Waals surface area contributed by atoms with E-state index in [1.807, 2.05) is 6.07 Å². The predicted octanol–water partition coefficient (Wildman–Crippen LogP) is 1.55. The maximum Gasteiger partial charge on any atom is 0.268 e. The molecule has 2 aliphatic rings. The number of nitrogens with two attached hydrogens (primary N) is 1. The third-order valence-corrected chi connectivity index (χ3v) is 7.71. The van der Waals surface area contributed by atoms with Crippen molar-refractivity contribution in [3.05, 3.63) is 59.7 Å². The minimum absolute atomic E-state index is 0.0266. The largest absolute Gasteiger partial charge is 0.475 e. The second-order valence-corrected chi connectivity index (χ2v) is 9.92. The van der Waals surface area contributed by atoms with E-state index in [4.69, 9.17) is 15.2 Å². The maximum atomic E-state index is 13.3. The standard InChI is InChI=1S/C23H27N3O6S/c24-22(27)19-16-18(33(29,30)26-10-4-5-11-26)8-9-20(19)32-21(17-6-2-1-3-7-17)23(28)25-12-14-31-15-13-25/h1-3,6-9,16,21H,4-5,10-15H2,(H2,24,27). The molecule has 2 heterocycles. The third kappa shape index (κ3) is 5.02. The molecule has 1 unspecified atom stereocenters. The Morgan fingerprint density at radius 3 is 2.27 bits per heavy atom. The summed E-state index contributed by atoms with van der Waals surface area (Å²) in [6.07, 6.45) is 0.570. The zero-order valence-corrected chi connectivity index (χ0v) is 19.0. The molecule has 2 amide bonds. The summed E-state index contributed by atoms with van der Waals surface area (Å²) in [4.78, 5) is 27.2. The zero-order chi connectivity index (χ0) is 23.4. The van der Waals surface area contributed by atoms with Crippen LogP contribution >= 0.6 is 0 Å². The Kier molecular flexibility index (Phi) is 6.96. The minimum Gasteiger partial charge on any atom is -0.475 e. The monoisotopic (exact) mass is 473 g/mol. The number of sulfonamides is 1. The fraction of sp³-hybridized carbons (Fsp3) is 0.391. The fourth-order valence-electron chi connectivity index (χ4n) is 4.01. The van der Waals surface area contributed by atoms with Crippen molar-refractivity contribution in [1.82, 2.24) is 9.21 Å². The van der Waals surface area contributed by atoms with E-state index in [9.17, 15) is 18.0 Å². The van der Waals surface area contributed by atoms with E-state index in [1.165, 1.54) is 22.5 Å². The fourth-order valence-corrected chi connectivity index (χ4v) is 5.55. The molecule has 1 atom stereocenters. The molecule has 33 heavy (non-hydrogen) atoms. The van der Waals surface area contributed by atoms with Crippen LogP contribution in [0.15, 0.2) is 53.4 Å². The molecule has 2 fully saturated rings. The van der Waals surface area contributed by atoms with E-state index in [0.29, 0.717) is 45.0 Å². The van der Waals surface area contributed by atoms with Crippen LogP contribution in [0.3, 0.4) is 0 Å². The molecule has 4 rings (SSSR count). The summed E-state index contributed by atoms with van der Waals surface area (Å²) in [5.41, 5.74) is 6.09. The summed E-state index contributed by atoms with van der Waals surface area (Å²) in [5, 5.41) is 0. The molecule has 9 nitrogen and oxygen atoms in total. The van der Waals surface area contributed by atoms with Gasteiger partial charge in [0.15, 0.2) is 0 Å². The highest BCUT2D eigenvalue weighted by molar-refractivity contribution is 7.89. The summed E-state index contributed by atoms with van der Waals surface area (Å²) in [7, 11) is -3.74. The highest BCUT2D eigenvalue weighted by Gasteiger charge is 2.32. The summed E-state index contributed by atoms with van der Waals surface area (Å²) in [6.45, 7) is 2.61. The first kappa shape index (κ1) is 23.2. The smallest absolute Gasteiger partial charge is 0.268 e. The second kappa shape index (κ2) is 9.90. The van der Waals surface area contributed by atoms with Crippen molar-refractivity contribution in [3.63, 3.8) is 0 Å². The molecule has 2 aromatic rings. The minimum atomic E-state index is -3.74. The van der Waals surface area contributed by atoms with E-state index in [-0.39, 0.29) is 22.1 Å². The lowest BCUT2D eigenvalue weighted by Crippen LogP contribution is -2.44. The third-order valence-electron chi connectivity index (χ3n) is 5.81. The number of carbonyl (C=O) groups is 2. The number of primary amides is 1. The Hall–Kier alpha value is -2.95. The van der Waals surface area contributed by atoms with Crippen molar-refractivity contribution in [2.75, 3.05) is 39.4 Å². The number of amides is 2. The lowest BCUT2D eigenvalue weighted by Gasteiger charge is -2.31. The van der Waals surface area contributed by atoms with Crippen LogP contribution in [0, 0.1) is 0 Å². The van der Waals surface area contributed by atoms with Crippen LogP contribution in [0.1, 0.15) is 34.9 Å². The van der Waals surface area contributed by atoms with Crippen molar-refractivity contribution >= 4 is 21.8 Å². The van der Waals surface area contributed by atoms with E-state index < -0.39 is 22.0 Å². The van der Waals surface area contributed by atoms with E-state index in [0.717, 1.165) is 12.8 Å². The summed E-state index contributed by atoms with van der Waals surface area (Å²) >= 11 is 0. The molecule has 0 aromatic heterocycles. The molecule has 2 aliphatic heterocycles. The first-order chi connectivity index (χ1) is 15.9. The molecule has 0 bridgehead atoms. The van der Waals surface area contributed by atoms with Gasteiger partial charge < -0.3 is 20.1 Å². The highest BCUT2D eigenvalue weighted by Crippen LogP contribution is 2.31. The van der Waals surface area contributed by atoms with Crippen LogP contribution in [0.25, 0.3) is 0 Å². The number of ether oxygens (including phenoxy) is 2. The number of benzene rings is 2. The van der Waals surface area contributed by atoms with Gasteiger partial charge in [0.2, 0.25) is 16.1 Å². The lowest BCUT2D eigenvalue weighted by atomic mass is 10.1. The van der Waals surface area contributed by atoms with Crippen LogP contribution in [0.5, 0.6) is 5.75 Å². The van der Waals surface area contributed by atoms with Crippen LogP contribution in [-0.4, -0.2) is 68.8 Å². The Labute approximate surface area is 193 Å². The van der Waals surface area contributed by atoms with Gasteiger partial charge >= 0.3 is 0 Å². The van der Waals surface area contributed by atoms with Crippen molar-refractivity contribution in [3.8, 4) is 5.75 Å². The van der Waals surface area contributed by atoms with Crippen LogP contribution in [-0.2, 0) is 19.6 Å². The topological polar surface area (TPSA) is 119 Å². The Bertz CT molecular complexity index is 1110. The summed E-state index contributed by atoms with van der Waals surface area (Å²) in [5.74, 6) is -1.05. The van der Waals surface area contributed by atoms with Crippen LogP contribution in [0.4, 0.5) is 0 Å². The molecule has 0 aliphatic carbocycles. The van der Waals surface area contributed by atoms with Gasteiger partial charge in [0.05, 0.1) is 23.7 Å². The van der Waals surface area contributed by atoms with Gasteiger partial charge in [-0.2, -0.15) is 4.31 Å². The summed E-state index contributed by atoms with van der Waals surface area (Å²) in [6, 6.07) is 12.9. The molecule has 2 N–H and O–H groups in total. The highest BCUT2D eigenvalue weighted by atomic mass is 32.2. The SMILES string of the molecule is NC(=O)c1cc(S(=O)(=O)N2CCCC2)ccc1OC(C(=O)N1CCOCC1)c1ccccc1. The van der Waals surface area contributed by atoms with Crippen molar-refractivity contribution in [1.29, 1.82) is 0 Å². The number of hydrogen-bond acceptors (Lipinski definition) is 6. The lowest BCUT2D eigenvalue weighted by molar-refractivity contribution is -0.143. The van der Waals surface area contributed by atoms with Crippen molar-refractivity contribution in [2.45, 2.75) is 23.8 Å². The van der Waals surface area contributed by atoms with Gasteiger partial charge in [-0.05, 0) is 31.0 Å². The van der Waals surface area contributed by atoms with E-state index >= 15 is 0 Å². The maximum absolute atomic E-state index is 13.3. The van der Waals surface area contributed by atoms with Gasteiger partial charge in [-0.25, -0.2) is 8.42 Å². The molecule has 0 spiro atoms. The Morgan fingerprint density at radius 1 is 0.970 bits per heavy atom. The zero-order valence-electron chi connectivity index (χ0n) is 18.2. The number of carbonyl (C=O) groups excluding carboxylic acids is 2. The molecule has 2 saturated heterocycles. The number of nitrogens with zero attached hydrogens (tertiary/aromatic N) is 2. The van der Waals surface area contributed by atoms with E-state index in [1.54, 1.807) is 29.2 Å². The van der Waals surface area contributed by atoms with Crippen LogP contribution in [0.2, 0.25) is 0 Å². The van der Waals surface area contributed by atoms with Gasteiger partial charge in [-0.15, -0.1) is 0 Å². The predicted molar refractivity (Wildman–Crippen MR) is 120 cm³/mol. The molecule has 10 heteroatoms. The van der Waals surface area contributed by atoms with Crippen molar-refractivity contribution in [2.24, 2.45) is 5.73 Å². The van der Waals surface area contributed by atoms with E-state index in [2.05, 4.69) is 0 Å². The van der Waals surface area contributed by atoms with Gasteiger partial charge in [0, 0.05) is 31.7 Å². The molecule has 0 saturated carbocycles. The number of rotatable bonds is 7. The number of hydrogen-bond donors (Lipinski definition) is 1. The Morgan fingerprint density at radius 2 is 1.64 bits per heavy atom. The quantitative estimate of drug-likeness (QED) is 0.652. The number of morpholine rings is 1. The second-order valence-electron chi connectivity index (χ2n) is 7.98. The van der Waals surface area contributed by atoms with Gasteiger partial charge in [-0.3, -0.25) is 9.59 Å². The molecule has 2 aromatic carbocycles. The average molecular weight is 474 g/mol. The van der Waals surface area contributed by atoms with Crippen molar-refractivity contribution < 1.29 is 27.5 Å². The van der Waals surface area contributed by atoms with Gasteiger partial charge in [0.1, 0.15) is 5.75 Å². The Balaban J connectivity index is 1.68. The van der Waals surface area contributed by atoms with Gasteiger partial charge in [-0.1, -0.05) is 30.3 Å². The molecule has 176 valence electrons. The average Bonchev–Trinajstić information content (AvgIpc) is 3.39. The normalized spacial score (nSPS) is 18.1. The first-order valence-corrected chi connectivity index (χ1v) is 12.3. The summed E-state index contributed by atoms with van der Waals surface area (Å²) < 4.78 is 38.7. The van der Waals surface area contributed by atoms with Crippen LogP contribution < -0.4 is 10.5 Å². The molecular formula is C23H27N3O6S. The van der Waals surface area contributed by atoms with Gasteiger partial charge in [0.25, 0.3) is 11.8 Å².